The minimum atomic E-state index is 0.0526. The van der Waals surface area contributed by atoms with Gasteiger partial charge < -0.3 is 11.1 Å². The van der Waals surface area contributed by atoms with E-state index in [0.717, 1.165) is 12.2 Å². The van der Waals surface area contributed by atoms with Crippen molar-refractivity contribution in [1.82, 2.24) is 20.5 Å². The summed E-state index contributed by atoms with van der Waals surface area (Å²) in [5, 5.41) is 9.31. The Bertz CT molecular complexity index is 294. The fourth-order valence-electron chi connectivity index (χ4n) is 1.40. The summed E-state index contributed by atoms with van der Waals surface area (Å²) in [7, 11) is 0. The number of rotatable bonds is 7. The summed E-state index contributed by atoms with van der Waals surface area (Å²) >= 11 is 0. The van der Waals surface area contributed by atoms with E-state index in [9.17, 15) is 4.79 Å². The first-order valence-electron chi connectivity index (χ1n) is 5.57. The molecule has 1 heterocycles. The smallest absolute Gasteiger partial charge is 0.220 e. The normalized spacial score (nSPS) is 12.4. The van der Waals surface area contributed by atoms with Gasteiger partial charge in [-0.1, -0.05) is 13.3 Å². The van der Waals surface area contributed by atoms with Crippen molar-refractivity contribution in [2.45, 2.75) is 26.2 Å². The third kappa shape index (κ3) is 4.39. The highest BCUT2D eigenvalue weighted by Gasteiger charge is 2.09. The van der Waals surface area contributed by atoms with Gasteiger partial charge in [-0.2, -0.15) is 5.10 Å². The number of nitrogens with zero attached hydrogens (tertiary/aromatic N) is 2. The number of H-pyrrole nitrogens is 1. The number of nitrogens with two attached hydrogens (primary N) is 1. The van der Waals surface area contributed by atoms with Crippen LogP contribution in [0.15, 0.2) is 6.33 Å². The van der Waals surface area contributed by atoms with E-state index in [1.54, 1.807) is 0 Å². The van der Waals surface area contributed by atoms with Gasteiger partial charge in [0.2, 0.25) is 5.91 Å². The lowest BCUT2D eigenvalue weighted by Gasteiger charge is -2.11. The van der Waals surface area contributed by atoms with E-state index in [2.05, 4.69) is 20.5 Å². The lowest BCUT2D eigenvalue weighted by Crippen LogP contribution is -2.29. The summed E-state index contributed by atoms with van der Waals surface area (Å²) in [6.45, 7) is 3.18. The Kier molecular flexibility index (Phi) is 5.49. The maximum atomic E-state index is 11.5. The van der Waals surface area contributed by atoms with Gasteiger partial charge in [-0.25, -0.2) is 4.98 Å². The second kappa shape index (κ2) is 6.95. The van der Waals surface area contributed by atoms with Crippen LogP contribution in [0, 0.1) is 5.92 Å². The first-order valence-corrected chi connectivity index (χ1v) is 5.57. The molecule has 0 saturated heterocycles. The maximum absolute atomic E-state index is 11.5. The van der Waals surface area contributed by atoms with Crippen LogP contribution in [0.3, 0.4) is 0 Å². The monoisotopic (exact) mass is 225 g/mol. The van der Waals surface area contributed by atoms with Crippen molar-refractivity contribution < 1.29 is 4.79 Å². The second-order valence-corrected chi connectivity index (χ2v) is 3.75. The molecule has 4 N–H and O–H groups in total. The Balaban J connectivity index is 2.15. The average Bonchev–Trinajstić information content (AvgIpc) is 2.79. The fraction of sp³-hybridized carbons (Fsp3) is 0.700. The predicted octanol–water partition coefficient (Wildman–Crippen LogP) is -0.162. The molecule has 90 valence electrons. The molecule has 6 heteroatoms. The highest BCUT2D eigenvalue weighted by Crippen LogP contribution is 2.05. The van der Waals surface area contributed by atoms with Crippen LogP contribution in [-0.2, 0) is 11.2 Å². The summed E-state index contributed by atoms with van der Waals surface area (Å²) in [4.78, 5) is 15.5. The van der Waals surface area contributed by atoms with Gasteiger partial charge >= 0.3 is 0 Å². The Labute approximate surface area is 95.0 Å². The fourth-order valence-corrected chi connectivity index (χ4v) is 1.40. The van der Waals surface area contributed by atoms with Crippen molar-refractivity contribution in [2.75, 3.05) is 13.1 Å². The number of amides is 1. The molecule has 1 rings (SSSR count). The Morgan fingerprint density at radius 2 is 2.50 bits per heavy atom. The summed E-state index contributed by atoms with van der Waals surface area (Å²) in [5.41, 5.74) is 5.53. The molecule has 6 nitrogen and oxygen atoms in total. The van der Waals surface area contributed by atoms with Gasteiger partial charge in [0.05, 0.1) is 0 Å². The average molecular weight is 225 g/mol. The van der Waals surface area contributed by atoms with E-state index < -0.39 is 0 Å². The molecule has 1 atom stereocenters. The van der Waals surface area contributed by atoms with Gasteiger partial charge in [0.15, 0.2) is 0 Å². The molecule has 0 radical (unpaired) electrons. The molecule has 0 spiro atoms. The number of carbonyl (C=O) groups is 1. The standard InChI is InChI=1S/C10H19N5O/c1-2-8(6-11)5-10(16)12-4-3-9-13-7-14-15-9/h7-8H,2-6,11H2,1H3,(H,12,16)(H,13,14,15). The van der Waals surface area contributed by atoms with Crippen molar-refractivity contribution >= 4 is 5.91 Å². The molecular formula is C10H19N5O. The molecule has 1 unspecified atom stereocenters. The topological polar surface area (TPSA) is 96.7 Å². The van der Waals surface area contributed by atoms with Gasteiger partial charge in [0, 0.05) is 19.4 Å². The molecular weight excluding hydrogens is 206 g/mol. The number of hydrogen-bond donors (Lipinski definition) is 3. The van der Waals surface area contributed by atoms with Crippen LogP contribution in [0.5, 0.6) is 0 Å². The third-order valence-corrected chi connectivity index (χ3v) is 2.53. The van der Waals surface area contributed by atoms with Crippen molar-refractivity contribution in [1.29, 1.82) is 0 Å². The van der Waals surface area contributed by atoms with Gasteiger partial charge in [-0.15, -0.1) is 0 Å². The van der Waals surface area contributed by atoms with E-state index >= 15 is 0 Å². The largest absolute Gasteiger partial charge is 0.356 e. The van der Waals surface area contributed by atoms with Crippen molar-refractivity contribution in [2.24, 2.45) is 11.7 Å². The number of aromatic amines is 1. The second-order valence-electron chi connectivity index (χ2n) is 3.75. The van der Waals surface area contributed by atoms with E-state index in [4.69, 9.17) is 5.73 Å². The summed E-state index contributed by atoms with van der Waals surface area (Å²) in [6.07, 6.45) is 3.57. The summed E-state index contributed by atoms with van der Waals surface area (Å²) in [5.74, 6) is 1.12. The van der Waals surface area contributed by atoms with E-state index in [1.807, 2.05) is 6.92 Å². The molecule has 0 aliphatic rings. The van der Waals surface area contributed by atoms with Crippen LogP contribution in [0.2, 0.25) is 0 Å². The lowest BCUT2D eigenvalue weighted by molar-refractivity contribution is -0.121. The summed E-state index contributed by atoms with van der Waals surface area (Å²) < 4.78 is 0. The molecule has 16 heavy (non-hydrogen) atoms. The van der Waals surface area contributed by atoms with Crippen molar-refractivity contribution in [3.05, 3.63) is 12.2 Å². The highest BCUT2D eigenvalue weighted by molar-refractivity contribution is 5.76. The van der Waals surface area contributed by atoms with Gasteiger partial charge in [-0.3, -0.25) is 9.89 Å². The maximum Gasteiger partial charge on any atom is 0.220 e. The minimum absolute atomic E-state index is 0.0526. The lowest BCUT2D eigenvalue weighted by atomic mass is 10.0. The van der Waals surface area contributed by atoms with Crippen molar-refractivity contribution in [3.8, 4) is 0 Å². The zero-order valence-electron chi connectivity index (χ0n) is 9.57. The van der Waals surface area contributed by atoms with Gasteiger partial charge in [0.25, 0.3) is 0 Å². The number of carbonyl (C=O) groups excluding carboxylic acids is 1. The van der Waals surface area contributed by atoms with E-state index in [0.29, 0.717) is 25.9 Å². The molecule has 1 aromatic heterocycles. The van der Waals surface area contributed by atoms with E-state index in [-0.39, 0.29) is 11.8 Å². The minimum Gasteiger partial charge on any atom is -0.356 e. The third-order valence-electron chi connectivity index (χ3n) is 2.53. The Morgan fingerprint density at radius 3 is 3.06 bits per heavy atom. The molecule has 0 saturated carbocycles. The zero-order valence-corrected chi connectivity index (χ0v) is 9.57. The van der Waals surface area contributed by atoms with E-state index in [1.165, 1.54) is 6.33 Å². The first-order chi connectivity index (χ1) is 7.76. The predicted molar refractivity (Wildman–Crippen MR) is 60.5 cm³/mol. The molecule has 1 aromatic rings. The SMILES string of the molecule is CCC(CN)CC(=O)NCCc1ncn[nH]1. The molecule has 0 aromatic carbocycles. The molecule has 0 fully saturated rings. The van der Waals surface area contributed by atoms with Gasteiger partial charge in [-0.05, 0) is 12.5 Å². The first kappa shape index (κ1) is 12.6. The molecule has 0 aliphatic heterocycles. The van der Waals surface area contributed by atoms with Crippen LogP contribution in [0.4, 0.5) is 0 Å². The number of nitrogens with one attached hydrogen (secondary N) is 2. The zero-order chi connectivity index (χ0) is 11.8. The quantitative estimate of drug-likeness (QED) is 0.600. The van der Waals surface area contributed by atoms with Crippen molar-refractivity contribution in [3.63, 3.8) is 0 Å². The highest BCUT2D eigenvalue weighted by atomic mass is 16.1. The number of hydrogen-bond acceptors (Lipinski definition) is 4. The van der Waals surface area contributed by atoms with Crippen LogP contribution in [0.1, 0.15) is 25.6 Å². The number of aromatic nitrogens is 3. The summed E-state index contributed by atoms with van der Waals surface area (Å²) in [6, 6.07) is 0. The van der Waals surface area contributed by atoms with Crippen LogP contribution in [0.25, 0.3) is 0 Å². The Morgan fingerprint density at radius 1 is 1.69 bits per heavy atom. The molecule has 1 amide bonds. The van der Waals surface area contributed by atoms with Crippen LogP contribution < -0.4 is 11.1 Å². The van der Waals surface area contributed by atoms with Crippen LogP contribution in [-0.4, -0.2) is 34.2 Å². The van der Waals surface area contributed by atoms with Crippen LogP contribution >= 0.6 is 0 Å². The van der Waals surface area contributed by atoms with Gasteiger partial charge in [0.1, 0.15) is 12.2 Å². The molecule has 0 aliphatic carbocycles. The molecule has 0 bridgehead atoms. The Hall–Kier alpha value is -1.43.